The van der Waals surface area contributed by atoms with Crippen molar-refractivity contribution in [3.8, 4) is 0 Å². The van der Waals surface area contributed by atoms with Gasteiger partial charge in [0.1, 0.15) is 0 Å². The predicted molar refractivity (Wildman–Crippen MR) is 220 cm³/mol. The number of hydrogen-bond donors (Lipinski definition) is 0. The minimum absolute atomic E-state index is 0.671. The Bertz CT molecular complexity index is 675. The van der Waals surface area contributed by atoms with Crippen molar-refractivity contribution in [1.82, 2.24) is 4.90 Å². The lowest BCUT2D eigenvalue weighted by molar-refractivity contribution is 0.0938. The zero-order valence-electron chi connectivity index (χ0n) is 33.8. The quantitative estimate of drug-likeness (QED) is 0.0572. The second kappa shape index (κ2) is 39.4. The van der Waals surface area contributed by atoms with Crippen LogP contribution in [0.3, 0.4) is 0 Å². The van der Waals surface area contributed by atoms with Crippen LogP contribution in [0.25, 0.3) is 0 Å². The zero-order chi connectivity index (χ0) is 35.1. The maximum absolute atomic E-state index is 3.85. The number of hydrogen-bond acceptors (Lipinski definition) is 1. The number of nitrogens with zero attached hydrogens (tertiary/aromatic N) is 1. The van der Waals surface area contributed by atoms with Crippen molar-refractivity contribution in [1.29, 1.82) is 0 Å². The maximum atomic E-state index is 3.85. The summed E-state index contributed by atoms with van der Waals surface area (Å²) in [5, 5.41) is 0. The third-order valence-corrected chi connectivity index (χ3v) is 10.1. The molecule has 0 aromatic carbocycles. The van der Waals surface area contributed by atoms with Crippen molar-refractivity contribution in [3.05, 3.63) is 49.1 Å². The molecule has 0 aliphatic heterocycles. The zero-order valence-corrected chi connectivity index (χ0v) is 33.8. The Morgan fingerprint density at radius 3 is 1.43 bits per heavy atom. The highest BCUT2D eigenvalue weighted by molar-refractivity contribution is 4.93. The molecule has 1 heteroatoms. The first-order chi connectivity index (χ1) is 23.0. The Balaban J connectivity index is 0. The van der Waals surface area contributed by atoms with Gasteiger partial charge in [-0.05, 0) is 116 Å². The first-order valence-electron chi connectivity index (χ1n) is 21.3. The fraction of sp³-hybridized carbons (Fsp3) is 0.826. The van der Waals surface area contributed by atoms with Gasteiger partial charge in [-0.25, -0.2) is 0 Å². The standard InChI is InChI=1S/C36H67N.C8H16.C2H6/c1-5-7-9-11-13-15-16-17-18-19-20-21-22-24-26-28-32-36(33-29-35(30-34-36)37(3)4)31-27-25-23-14-12-10-8-6-2;1-3-5-7-8-6-4-2;1-2/h6,13,15,17-18,35H,2,5,7-12,14,16,19-34H2,1,3-4H3;5,7H,3-4,6,8H2,1-2H3;1-2H3/b15-13-,18-17-;7-5-;. The van der Waals surface area contributed by atoms with E-state index in [0.717, 1.165) is 12.5 Å². The molecule has 0 amide bonds. The first kappa shape index (κ1) is 48.0. The fourth-order valence-corrected chi connectivity index (χ4v) is 6.95. The SMILES string of the molecule is C=CCCCCCCCCC1(CCCCCCCC/C=C\C/C=C\CCCCC)CCC(N(C)C)CC1.CC.CC/C=C\CCCC. The topological polar surface area (TPSA) is 3.24 Å². The van der Waals surface area contributed by atoms with Gasteiger partial charge < -0.3 is 4.90 Å². The van der Waals surface area contributed by atoms with E-state index in [1.807, 2.05) is 13.8 Å². The highest BCUT2D eigenvalue weighted by Crippen LogP contribution is 2.45. The molecular weight excluding hydrogens is 567 g/mol. The molecule has 1 aliphatic carbocycles. The Morgan fingerprint density at radius 1 is 0.532 bits per heavy atom. The molecular formula is C46H89N. The van der Waals surface area contributed by atoms with Crippen molar-refractivity contribution in [2.24, 2.45) is 5.41 Å². The van der Waals surface area contributed by atoms with Gasteiger partial charge in [0.15, 0.2) is 0 Å². The first-order valence-corrected chi connectivity index (χ1v) is 21.3. The van der Waals surface area contributed by atoms with Crippen LogP contribution in [-0.2, 0) is 0 Å². The molecule has 0 atom stereocenters. The summed E-state index contributed by atoms with van der Waals surface area (Å²) in [7, 11) is 4.57. The summed E-state index contributed by atoms with van der Waals surface area (Å²) in [4.78, 5) is 2.48. The van der Waals surface area contributed by atoms with Gasteiger partial charge in [0, 0.05) is 6.04 Å². The van der Waals surface area contributed by atoms with Crippen molar-refractivity contribution < 1.29 is 0 Å². The lowest BCUT2D eigenvalue weighted by Gasteiger charge is -2.42. The van der Waals surface area contributed by atoms with E-state index in [-0.39, 0.29) is 0 Å². The Morgan fingerprint density at radius 2 is 0.957 bits per heavy atom. The fourth-order valence-electron chi connectivity index (χ4n) is 6.95. The normalized spacial score (nSPS) is 18.1. The molecule has 0 aromatic rings. The van der Waals surface area contributed by atoms with Crippen molar-refractivity contribution in [3.63, 3.8) is 0 Å². The monoisotopic (exact) mass is 656 g/mol. The van der Waals surface area contributed by atoms with Gasteiger partial charge in [0.2, 0.25) is 0 Å². The van der Waals surface area contributed by atoms with Crippen molar-refractivity contribution >= 4 is 0 Å². The summed E-state index contributed by atoms with van der Waals surface area (Å²) >= 11 is 0. The number of unbranched alkanes of at least 4 members (excludes halogenated alkanes) is 17. The molecule has 0 spiro atoms. The second-order valence-corrected chi connectivity index (χ2v) is 14.5. The van der Waals surface area contributed by atoms with Crippen LogP contribution < -0.4 is 0 Å². The smallest absolute Gasteiger partial charge is 0.00895 e. The van der Waals surface area contributed by atoms with E-state index in [4.69, 9.17) is 0 Å². The van der Waals surface area contributed by atoms with Crippen LogP contribution in [0.2, 0.25) is 0 Å². The van der Waals surface area contributed by atoms with E-state index < -0.39 is 0 Å². The Kier molecular flexibility index (Phi) is 40.2. The lowest BCUT2D eigenvalue weighted by atomic mass is 9.66. The molecule has 1 saturated carbocycles. The molecule has 278 valence electrons. The van der Waals surface area contributed by atoms with Crippen LogP contribution in [0.4, 0.5) is 0 Å². The average molecular weight is 656 g/mol. The molecule has 1 nitrogen and oxygen atoms in total. The third-order valence-electron chi connectivity index (χ3n) is 10.1. The summed E-state index contributed by atoms with van der Waals surface area (Å²) < 4.78 is 0. The van der Waals surface area contributed by atoms with Gasteiger partial charge >= 0.3 is 0 Å². The average Bonchev–Trinajstić information content (AvgIpc) is 3.09. The summed E-state index contributed by atoms with van der Waals surface area (Å²) in [6, 6.07) is 0.828. The minimum Gasteiger partial charge on any atom is -0.306 e. The number of rotatable bonds is 29. The van der Waals surface area contributed by atoms with Gasteiger partial charge in [0.25, 0.3) is 0 Å². The molecule has 0 heterocycles. The molecule has 0 bridgehead atoms. The molecule has 0 N–H and O–H groups in total. The van der Waals surface area contributed by atoms with Crippen LogP contribution in [0.1, 0.15) is 221 Å². The lowest BCUT2D eigenvalue weighted by Crippen LogP contribution is -2.37. The van der Waals surface area contributed by atoms with Crippen LogP contribution in [-0.4, -0.2) is 25.0 Å². The van der Waals surface area contributed by atoms with Gasteiger partial charge in [-0.2, -0.15) is 0 Å². The second-order valence-electron chi connectivity index (χ2n) is 14.5. The molecule has 1 aliphatic rings. The van der Waals surface area contributed by atoms with Gasteiger partial charge in [-0.3, -0.25) is 0 Å². The van der Waals surface area contributed by atoms with Crippen molar-refractivity contribution in [2.75, 3.05) is 14.1 Å². The van der Waals surface area contributed by atoms with Gasteiger partial charge in [-0.1, -0.05) is 167 Å². The summed E-state index contributed by atoms with van der Waals surface area (Å²) in [5.74, 6) is 0. The van der Waals surface area contributed by atoms with Gasteiger partial charge in [0.05, 0.1) is 0 Å². The highest BCUT2D eigenvalue weighted by Gasteiger charge is 2.34. The molecule has 0 radical (unpaired) electrons. The molecule has 0 saturated heterocycles. The summed E-state index contributed by atoms with van der Waals surface area (Å²) in [6.45, 7) is 14.5. The van der Waals surface area contributed by atoms with Crippen LogP contribution >= 0.6 is 0 Å². The van der Waals surface area contributed by atoms with Crippen LogP contribution in [0.5, 0.6) is 0 Å². The highest BCUT2D eigenvalue weighted by atomic mass is 15.1. The van der Waals surface area contributed by atoms with E-state index in [1.54, 1.807) is 0 Å². The third kappa shape index (κ3) is 33.2. The largest absolute Gasteiger partial charge is 0.306 e. The maximum Gasteiger partial charge on any atom is 0.00895 e. The van der Waals surface area contributed by atoms with E-state index in [2.05, 4.69) is 88.9 Å². The van der Waals surface area contributed by atoms with E-state index >= 15 is 0 Å². The molecule has 1 fully saturated rings. The van der Waals surface area contributed by atoms with Gasteiger partial charge in [-0.15, -0.1) is 6.58 Å². The van der Waals surface area contributed by atoms with E-state index in [1.165, 1.54) is 180 Å². The molecule has 47 heavy (non-hydrogen) atoms. The Hall–Kier alpha value is -1.08. The minimum atomic E-state index is 0.671. The predicted octanol–water partition coefficient (Wildman–Crippen LogP) is 16.2. The molecule has 0 aromatic heterocycles. The molecule has 1 rings (SSSR count). The molecule has 0 unspecified atom stereocenters. The number of allylic oxidation sites excluding steroid dienone is 7. The van der Waals surface area contributed by atoms with E-state index in [0.29, 0.717) is 5.41 Å². The van der Waals surface area contributed by atoms with Crippen molar-refractivity contribution in [2.45, 2.75) is 227 Å². The van der Waals surface area contributed by atoms with Crippen LogP contribution in [0, 0.1) is 5.41 Å². The summed E-state index contributed by atoms with van der Waals surface area (Å²) in [6.07, 6.45) is 56.0. The van der Waals surface area contributed by atoms with Crippen LogP contribution in [0.15, 0.2) is 49.1 Å². The van der Waals surface area contributed by atoms with E-state index in [9.17, 15) is 0 Å². The summed E-state index contributed by atoms with van der Waals surface area (Å²) in [5.41, 5.74) is 0.671. The Labute approximate surface area is 299 Å².